The lowest BCUT2D eigenvalue weighted by Gasteiger charge is -2.13. The summed E-state index contributed by atoms with van der Waals surface area (Å²) in [5, 5.41) is 23.3. The number of aliphatic hydroxyl groups excluding tert-OH is 1. The molecule has 0 aromatic heterocycles. The summed E-state index contributed by atoms with van der Waals surface area (Å²) < 4.78 is 0. The van der Waals surface area contributed by atoms with Gasteiger partial charge in [0, 0.05) is 45.2 Å². The Balaban J connectivity index is 3.63. The third-order valence-electron chi connectivity index (χ3n) is 1.79. The predicted molar refractivity (Wildman–Crippen MR) is 60.4 cm³/mol. The lowest BCUT2D eigenvalue weighted by atomic mass is 10.4. The molecule has 0 bridgehead atoms. The fraction of sp³-hybridized carbons (Fsp3) is 1.00. The Morgan fingerprint density at radius 1 is 1.12 bits per heavy atom. The molecule has 0 aliphatic heterocycles. The van der Waals surface area contributed by atoms with Crippen molar-refractivity contribution in [3.63, 3.8) is 0 Å². The molecule has 0 aromatic carbocycles. The van der Waals surface area contributed by atoms with E-state index in [4.69, 9.17) is 10.6 Å². The molecule has 0 fully saturated rings. The van der Waals surface area contributed by atoms with E-state index in [1.807, 2.05) is 0 Å². The van der Waals surface area contributed by atoms with Crippen molar-refractivity contribution in [1.29, 1.82) is 0 Å². The molecule has 0 radical (unpaired) electrons. The van der Waals surface area contributed by atoms with E-state index >= 15 is 0 Å². The average molecular weight is 229 g/mol. The second kappa shape index (κ2) is 10.0. The standard InChI is InChI=1S/C8H19N7O/c1-14(6-3-5-10-11-9)12-13-15(2)7-4-8-16/h16H,3-8H2,1-2H3/b13-12+. The van der Waals surface area contributed by atoms with Crippen molar-refractivity contribution < 1.29 is 5.11 Å². The predicted octanol–water partition coefficient (Wildman–Crippen LogP) is 1.21. The van der Waals surface area contributed by atoms with Gasteiger partial charge >= 0.3 is 0 Å². The third-order valence-corrected chi connectivity index (χ3v) is 1.79. The molecule has 0 saturated carbocycles. The van der Waals surface area contributed by atoms with Crippen LogP contribution in [0, 0.1) is 0 Å². The molecule has 0 aliphatic rings. The van der Waals surface area contributed by atoms with Crippen molar-refractivity contribution in [2.75, 3.05) is 40.3 Å². The van der Waals surface area contributed by atoms with Crippen molar-refractivity contribution in [3.8, 4) is 0 Å². The van der Waals surface area contributed by atoms with Crippen LogP contribution in [0.15, 0.2) is 15.6 Å². The third kappa shape index (κ3) is 9.04. The van der Waals surface area contributed by atoms with E-state index < -0.39 is 0 Å². The van der Waals surface area contributed by atoms with Gasteiger partial charge in [-0.05, 0) is 18.4 Å². The fourth-order valence-corrected chi connectivity index (χ4v) is 0.941. The van der Waals surface area contributed by atoms with Crippen LogP contribution in [0.2, 0.25) is 0 Å². The van der Waals surface area contributed by atoms with Crippen molar-refractivity contribution in [1.82, 2.24) is 10.0 Å². The minimum atomic E-state index is 0.155. The van der Waals surface area contributed by atoms with Crippen LogP contribution in [0.4, 0.5) is 0 Å². The zero-order valence-corrected chi connectivity index (χ0v) is 9.82. The summed E-state index contributed by atoms with van der Waals surface area (Å²) in [5.74, 6) is 0. The lowest BCUT2D eigenvalue weighted by molar-refractivity contribution is 0.220. The lowest BCUT2D eigenvalue weighted by Crippen LogP contribution is -2.17. The van der Waals surface area contributed by atoms with Crippen LogP contribution in [-0.4, -0.2) is 55.5 Å². The van der Waals surface area contributed by atoms with Crippen LogP contribution in [0.5, 0.6) is 0 Å². The van der Waals surface area contributed by atoms with Crippen LogP contribution in [0.25, 0.3) is 10.4 Å². The molecule has 16 heavy (non-hydrogen) atoms. The van der Waals surface area contributed by atoms with E-state index in [9.17, 15) is 0 Å². The molecule has 0 atom stereocenters. The maximum absolute atomic E-state index is 8.61. The van der Waals surface area contributed by atoms with Crippen molar-refractivity contribution >= 4 is 0 Å². The first-order valence-electron chi connectivity index (χ1n) is 5.16. The molecule has 92 valence electrons. The fourth-order valence-electron chi connectivity index (χ4n) is 0.941. The van der Waals surface area contributed by atoms with E-state index in [-0.39, 0.29) is 6.61 Å². The smallest absolute Gasteiger partial charge is 0.0448 e. The summed E-state index contributed by atoms with van der Waals surface area (Å²) in [5.41, 5.74) is 8.07. The summed E-state index contributed by atoms with van der Waals surface area (Å²) in [4.78, 5) is 2.66. The average Bonchev–Trinajstić information content (AvgIpc) is 2.29. The van der Waals surface area contributed by atoms with E-state index in [2.05, 4.69) is 20.5 Å². The highest BCUT2D eigenvalue weighted by Crippen LogP contribution is 1.94. The van der Waals surface area contributed by atoms with Crippen LogP contribution in [0.1, 0.15) is 12.8 Å². The van der Waals surface area contributed by atoms with Gasteiger partial charge in [-0.3, -0.25) is 10.0 Å². The molecule has 8 heteroatoms. The molecule has 0 saturated heterocycles. The molecule has 0 amide bonds. The molecular weight excluding hydrogens is 210 g/mol. The summed E-state index contributed by atoms with van der Waals surface area (Å²) in [6.45, 7) is 1.99. The van der Waals surface area contributed by atoms with Gasteiger partial charge in [0.2, 0.25) is 0 Å². The van der Waals surface area contributed by atoms with Gasteiger partial charge in [0.15, 0.2) is 0 Å². The zero-order chi connectivity index (χ0) is 12.2. The Kier molecular flexibility index (Phi) is 9.05. The van der Waals surface area contributed by atoms with Crippen LogP contribution < -0.4 is 0 Å². The highest BCUT2D eigenvalue weighted by atomic mass is 16.3. The van der Waals surface area contributed by atoms with Gasteiger partial charge in [-0.2, -0.15) is 0 Å². The van der Waals surface area contributed by atoms with Crippen molar-refractivity contribution in [2.45, 2.75) is 12.8 Å². The van der Waals surface area contributed by atoms with Crippen molar-refractivity contribution in [2.24, 2.45) is 15.6 Å². The Bertz CT molecular complexity index is 239. The molecule has 0 aliphatic carbocycles. The van der Waals surface area contributed by atoms with Gasteiger partial charge in [0.1, 0.15) is 0 Å². The number of nitrogens with zero attached hydrogens (tertiary/aromatic N) is 7. The maximum Gasteiger partial charge on any atom is 0.0448 e. The molecular formula is C8H19N7O. The van der Waals surface area contributed by atoms with Crippen LogP contribution >= 0.6 is 0 Å². The summed E-state index contributed by atoms with van der Waals surface area (Å²) in [6.07, 6.45) is 1.43. The molecule has 0 aromatic rings. The van der Waals surface area contributed by atoms with Gasteiger partial charge in [-0.1, -0.05) is 15.6 Å². The minimum Gasteiger partial charge on any atom is -0.396 e. The first-order chi connectivity index (χ1) is 7.70. The van der Waals surface area contributed by atoms with E-state index in [0.29, 0.717) is 26.1 Å². The Labute approximate surface area is 95.1 Å². The zero-order valence-electron chi connectivity index (χ0n) is 9.82. The highest BCUT2D eigenvalue weighted by Gasteiger charge is 1.95. The molecule has 1 N–H and O–H groups in total. The maximum atomic E-state index is 8.61. The second-order valence-corrected chi connectivity index (χ2v) is 3.33. The summed E-state index contributed by atoms with van der Waals surface area (Å²) >= 11 is 0. The van der Waals surface area contributed by atoms with E-state index in [0.717, 1.165) is 6.42 Å². The molecule has 0 unspecified atom stereocenters. The second-order valence-electron chi connectivity index (χ2n) is 3.33. The van der Waals surface area contributed by atoms with Gasteiger partial charge in [-0.25, -0.2) is 0 Å². The van der Waals surface area contributed by atoms with E-state index in [1.165, 1.54) is 0 Å². The first kappa shape index (κ1) is 14.5. The van der Waals surface area contributed by atoms with Gasteiger partial charge in [0.25, 0.3) is 0 Å². The number of aliphatic hydroxyl groups is 1. The highest BCUT2D eigenvalue weighted by molar-refractivity contribution is 4.49. The summed E-state index contributed by atoms with van der Waals surface area (Å²) in [7, 11) is 3.60. The number of hydrogen-bond donors (Lipinski definition) is 1. The SMILES string of the molecule is CN(CCCO)/N=N/N(C)CCCN=[N+]=[N-]. The quantitative estimate of drug-likeness (QED) is 0.211. The van der Waals surface area contributed by atoms with Gasteiger partial charge in [0.05, 0.1) is 0 Å². The number of azide groups is 1. The molecule has 8 nitrogen and oxygen atoms in total. The van der Waals surface area contributed by atoms with Crippen LogP contribution in [0.3, 0.4) is 0 Å². The monoisotopic (exact) mass is 229 g/mol. The van der Waals surface area contributed by atoms with Gasteiger partial charge < -0.3 is 5.11 Å². The van der Waals surface area contributed by atoms with Crippen LogP contribution in [-0.2, 0) is 0 Å². The summed E-state index contributed by atoms with van der Waals surface area (Å²) in [6, 6.07) is 0. The minimum absolute atomic E-state index is 0.155. The molecule has 0 spiro atoms. The molecule has 0 heterocycles. The van der Waals surface area contributed by atoms with Gasteiger partial charge in [-0.15, -0.1) is 0 Å². The Morgan fingerprint density at radius 3 is 2.19 bits per heavy atom. The Morgan fingerprint density at radius 2 is 1.69 bits per heavy atom. The Hall–Kier alpha value is -1.53. The number of rotatable bonds is 9. The normalized spacial score (nSPS) is 10.2. The first-order valence-corrected chi connectivity index (χ1v) is 5.16. The largest absolute Gasteiger partial charge is 0.396 e. The van der Waals surface area contributed by atoms with E-state index in [1.54, 1.807) is 24.1 Å². The molecule has 0 rings (SSSR count). The van der Waals surface area contributed by atoms with Crippen molar-refractivity contribution in [3.05, 3.63) is 10.4 Å². The topological polar surface area (TPSA) is 100 Å². The number of hydrogen-bond acceptors (Lipinski definition) is 4.